The maximum atomic E-state index is 11.6. The second-order valence-electron chi connectivity index (χ2n) is 5.69. The van der Waals surface area contributed by atoms with Crippen LogP contribution in [-0.2, 0) is 9.53 Å². The largest absolute Gasteiger partial charge is 0.468 e. The van der Waals surface area contributed by atoms with Crippen LogP contribution in [-0.4, -0.2) is 25.7 Å². The molecule has 4 atom stereocenters. The fraction of sp³-hybridized carbons (Fsp3) is 0.786. The van der Waals surface area contributed by atoms with Crippen LogP contribution in [0.15, 0.2) is 12.2 Å². The second kappa shape index (κ2) is 5.21. The lowest BCUT2D eigenvalue weighted by Crippen LogP contribution is -2.44. The summed E-state index contributed by atoms with van der Waals surface area (Å²) in [6.07, 6.45) is 7.29. The predicted molar refractivity (Wildman–Crippen MR) is 67.5 cm³/mol. The molecule has 1 saturated carbocycles. The summed E-state index contributed by atoms with van der Waals surface area (Å²) in [5.74, 6) is 2.37. The predicted octanol–water partition coefficient (Wildman–Crippen LogP) is 1.99. The van der Waals surface area contributed by atoms with Gasteiger partial charge in [0, 0.05) is 0 Å². The molecule has 1 fully saturated rings. The normalized spacial score (nSPS) is 32.1. The van der Waals surface area contributed by atoms with Gasteiger partial charge in [0.15, 0.2) is 0 Å². The molecule has 2 rings (SSSR count). The highest BCUT2D eigenvalue weighted by Gasteiger charge is 2.36. The molecule has 2 bridgehead atoms. The summed E-state index contributed by atoms with van der Waals surface area (Å²) in [4.78, 5) is 11.6. The van der Waals surface area contributed by atoms with E-state index in [1.54, 1.807) is 0 Å². The summed E-state index contributed by atoms with van der Waals surface area (Å²) < 4.78 is 4.84. The Morgan fingerprint density at radius 3 is 2.65 bits per heavy atom. The quantitative estimate of drug-likeness (QED) is 0.587. The van der Waals surface area contributed by atoms with Crippen molar-refractivity contribution in [1.29, 1.82) is 0 Å². The molecule has 2 aliphatic rings. The Morgan fingerprint density at radius 1 is 1.41 bits per heavy atom. The van der Waals surface area contributed by atoms with E-state index in [1.165, 1.54) is 20.0 Å². The minimum atomic E-state index is -0.164. The van der Waals surface area contributed by atoms with Crippen molar-refractivity contribution in [3.63, 3.8) is 0 Å². The maximum absolute atomic E-state index is 11.6. The lowest BCUT2D eigenvalue weighted by Gasteiger charge is -2.24. The number of methoxy groups -OCH3 is 1. The van der Waals surface area contributed by atoms with Crippen molar-refractivity contribution >= 4 is 5.97 Å². The number of nitrogens with one attached hydrogen (secondary N) is 1. The first-order valence-corrected chi connectivity index (χ1v) is 6.61. The van der Waals surface area contributed by atoms with E-state index >= 15 is 0 Å². The summed E-state index contributed by atoms with van der Waals surface area (Å²) in [7, 11) is 1.46. The number of fused-ring (bicyclic) bond motifs is 2. The molecular formula is C14H23NO2. The van der Waals surface area contributed by atoms with Gasteiger partial charge in [-0.1, -0.05) is 26.0 Å². The summed E-state index contributed by atoms with van der Waals surface area (Å²) in [5, 5.41) is 3.39. The minimum absolute atomic E-state index is 0.140. The zero-order valence-electron chi connectivity index (χ0n) is 11.0. The standard InChI is InChI=1S/C14H23NO2/c1-9(2)13(14(16)17-3)15-8-12-7-10-4-5-11(12)6-10/h4-5,9-13,15H,6-8H2,1-3H3/t10?,11?,12?,13-/m0/s1. The fourth-order valence-electron chi connectivity index (χ4n) is 3.13. The first kappa shape index (κ1) is 12.6. The molecule has 3 nitrogen and oxygen atoms in total. The molecule has 2 aliphatic carbocycles. The van der Waals surface area contributed by atoms with Crippen LogP contribution in [0.5, 0.6) is 0 Å². The molecule has 0 amide bonds. The molecule has 96 valence electrons. The van der Waals surface area contributed by atoms with Crippen LogP contribution in [0.4, 0.5) is 0 Å². The number of allylic oxidation sites excluding steroid dienone is 2. The Kier molecular flexibility index (Phi) is 3.87. The van der Waals surface area contributed by atoms with Gasteiger partial charge < -0.3 is 10.1 Å². The number of esters is 1. The average molecular weight is 237 g/mol. The smallest absolute Gasteiger partial charge is 0.323 e. The zero-order valence-corrected chi connectivity index (χ0v) is 11.0. The van der Waals surface area contributed by atoms with Gasteiger partial charge in [-0.25, -0.2) is 0 Å². The highest BCUT2D eigenvalue weighted by Crippen LogP contribution is 2.43. The summed E-state index contributed by atoms with van der Waals surface area (Å²) >= 11 is 0. The highest BCUT2D eigenvalue weighted by molar-refractivity contribution is 5.75. The minimum Gasteiger partial charge on any atom is -0.468 e. The highest BCUT2D eigenvalue weighted by atomic mass is 16.5. The Balaban J connectivity index is 1.83. The van der Waals surface area contributed by atoms with Crippen LogP contribution in [0.2, 0.25) is 0 Å². The van der Waals surface area contributed by atoms with Gasteiger partial charge in [0.25, 0.3) is 0 Å². The molecule has 0 spiro atoms. The Morgan fingerprint density at radius 2 is 2.18 bits per heavy atom. The summed E-state index contributed by atoms with van der Waals surface area (Å²) in [6.45, 7) is 5.04. The van der Waals surface area contributed by atoms with Gasteiger partial charge in [0.05, 0.1) is 7.11 Å². The average Bonchev–Trinajstić information content (AvgIpc) is 2.90. The Labute approximate surface area is 104 Å². The van der Waals surface area contributed by atoms with Crippen LogP contribution in [0.1, 0.15) is 26.7 Å². The second-order valence-corrected chi connectivity index (χ2v) is 5.69. The first-order valence-electron chi connectivity index (χ1n) is 6.61. The lowest BCUT2D eigenvalue weighted by atomic mass is 9.93. The number of hydrogen-bond acceptors (Lipinski definition) is 3. The molecule has 3 heteroatoms. The van der Waals surface area contributed by atoms with E-state index in [-0.39, 0.29) is 17.9 Å². The van der Waals surface area contributed by atoms with E-state index in [4.69, 9.17) is 4.74 Å². The molecule has 0 aromatic carbocycles. The first-order chi connectivity index (χ1) is 8.11. The molecular weight excluding hydrogens is 214 g/mol. The number of carbonyl (C=O) groups is 1. The third-order valence-corrected chi connectivity index (χ3v) is 4.14. The van der Waals surface area contributed by atoms with E-state index in [0.29, 0.717) is 5.92 Å². The van der Waals surface area contributed by atoms with Crippen molar-refractivity contribution < 1.29 is 9.53 Å². The van der Waals surface area contributed by atoms with E-state index in [0.717, 1.165) is 18.4 Å². The number of rotatable bonds is 5. The molecule has 0 heterocycles. The lowest BCUT2D eigenvalue weighted by molar-refractivity contribution is -0.144. The topological polar surface area (TPSA) is 38.3 Å². The molecule has 0 radical (unpaired) electrons. The van der Waals surface area contributed by atoms with E-state index in [2.05, 4.69) is 31.3 Å². The SMILES string of the molecule is COC(=O)[C@@H](NCC1CC2C=CC1C2)C(C)C. The monoisotopic (exact) mass is 237 g/mol. The van der Waals surface area contributed by atoms with Gasteiger partial charge in [-0.3, -0.25) is 4.79 Å². The molecule has 0 saturated heterocycles. The van der Waals surface area contributed by atoms with Crippen LogP contribution in [0, 0.1) is 23.7 Å². The summed E-state index contributed by atoms with van der Waals surface area (Å²) in [5.41, 5.74) is 0. The van der Waals surface area contributed by atoms with E-state index in [1.807, 2.05) is 0 Å². The van der Waals surface area contributed by atoms with Gasteiger partial charge in [-0.15, -0.1) is 0 Å². The third kappa shape index (κ3) is 2.71. The molecule has 1 N–H and O–H groups in total. The van der Waals surface area contributed by atoms with Gasteiger partial charge in [0.2, 0.25) is 0 Å². The van der Waals surface area contributed by atoms with Crippen LogP contribution < -0.4 is 5.32 Å². The Hall–Kier alpha value is -0.830. The molecule has 3 unspecified atom stereocenters. The van der Waals surface area contributed by atoms with Crippen molar-refractivity contribution in [1.82, 2.24) is 5.32 Å². The zero-order chi connectivity index (χ0) is 12.4. The van der Waals surface area contributed by atoms with Gasteiger partial charge in [-0.2, -0.15) is 0 Å². The Bertz CT molecular complexity index is 311. The number of hydrogen-bond donors (Lipinski definition) is 1. The van der Waals surface area contributed by atoms with Gasteiger partial charge in [-0.05, 0) is 43.1 Å². The molecule has 0 aromatic rings. The van der Waals surface area contributed by atoms with Crippen LogP contribution in [0.3, 0.4) is 0 Å². The van der Waals surface area contributed by atoms with Crippen LogP contribution in [0.25, 0.3) is 0 Å². The van der Waals surface area contributed by atoms with Gasteiger partial charge >= 0.3 is 5.97 Å². The maximum Gasteiger partial charge on any atom is 0.323 e. The van der Waals surface area contributed by atoms with Crippen molar-refractivity contribution in [2.45, 2.75) is 32.7 Å². The van der Waals surface area contributed by atoms with Crippen molar-refractivity contribution in [3.05, 3.63) is 12.2 Å². The fourth-order valence-corrected chi connectivity index (χ4v) is 3.13. The molecule has 0 aromatic heterocycles. The van der Waals surface area contributed by atoms with Crippen LogP contribution >= 0.6 is 0 Å². The van der Waals surface area contributed by atoms with Crippen molar-refractivity contribution in [2.24, 2.45) is 23.7 Å². The molecule has 17 heavy (non-hydrogen) atoms. The molecule has 0 aliphatic heterocycles. The van der Waals surface area contributed by atoms with Gasteiger partial charge in [0.1, 0.15) is 6.04 Å². The van der Waals surface area contributed by atoms with E-state index < -0.39 is 0 Å². The summed E-state index contributed by atoms with van der Waals surface area (Å²) in [6, 6.07) is -0.164. The third-order valence-electron chi connectivity index (χ3n) is 4.14. The number of carbonyl (C=O) groups excluding carboxylic acids is 1. The van der Waals surface area contributed by atoms with E-state index in [9.17, 15) is 4.79 Å². The van der Waals surface area contributed by atoms with Crippen molar-refractivity contribution in [2.75, 3.05) is 13.7 Å². The number of ether oxygens (including phenoxy) is 1. The van der Waals surface area contributed by atoms with Crippen molar-refractivity contribution in [3.8, 4) is 0 Å².